The maximum atomic E-state index is 12.7. The van der Waals surface area contributed by atoms with Gasteiger partial charge >= 0.3 is 0 Å². The number of carbonyl (C=O) groups excluding carboxylic acids is 1. The van der Waals surface area contributed by atoms with E-state index in [2.05, 4.69) is 0 Å². The summed E-state index contributed by atoms with van der Waals surface area (Å²) in [5.41, 5.74) is 4.62. The minimum absolute atomic E-state index is 0.0425. The summed E-state index contributed by atoms with van der Waals surface area (Å²) in [6.45, 7) is -0.505. The minimum atomic E-state index is -1.38. The summed E-state index contributed by atoms with van der Waals surface area (Å²) in [5, 5.41) is 18.0. The van der Waals surface area contributed by atoms with Gasteiger partial charge in [0.25, 0.3) is 0 Å². The molecule has 4 N–H and O–H groups in total. The zero-order valence-electron chi connectivity index (χ0n) is 7.98. The van der Waals surface area contributed by atoms with Crippen molar-refractivity contribution in [3.8, 4) is 5.75 Å². The van der Waals surface area contributed by atoms with E-state index in [1.165, 1.54) is 12.1 Å². The van der Waals surface area contributed by atoms with Crippen molar-refractivity contribution in [3.63, 3.8) is 0 Å². The second-order valence-corrected chi connectivity index (χ2v) is 3.47. The zero-order chi connectivity index (χ0) is 11.5. The first-order valence-corrected chi connectivity index (χ1v) is 4.34. The summed E-state index contributed by atoms with van der Waals surface area (Å²) in [7, 11) is 0. The van der Waals surface area contributed by atoms with Gasteiger partial charge in [0.2, 0.25) is 0 Å². The van der Waals surface area contributed by atoms with Crippen molar-refractivity contribution in [1.29, 1.82) is 0 Å². The first-order chi connectivity index (χ1) is 7.00. The topological polar surface area (TPSA) is 83.6 Å². The number of aromatic hydroxyl groups is 1. The van der Waals surface area contributed by atoms with Crippen LogP contribution in [0.25, 0.3) is 0 Å². The number of benzene rings is 1. The summed E-state index contributed by atoms with van der Waals surface area (Å²) in [6.07, 6.45) is 0.480. The van der Waals surface area contributed by atoms with Gasteiger partial charge in [-0.15, -0.1) is 0 Å². The number of aliphatic hydroxyl groups is 1. The van der Waals surface area contributed by atoms with E-state index >= 15 is 0 Å². The maximum absolute atomic E-state index is 12.7. The van der Waals surface area contributed by atoms with Gasteiger partial charge in [0.15, 0.2) is 11.6 Å². The van der Waals surface area contributed by atoms with E-state index in [9.17, 15) is 9.18 Å². The van der Waals surface area contributed by atoms with Crippen molar-refractivity contribution in [2.45, 2.75) is 12.0 Å². The Morgan fingerprint density at radius 1 is 1.53 bits per heavy atom. The maximum Gasteiger partial charge on any atom is 0.164 e. The molecule has 0 amide bonds. The molecule has 5 heteroatoms. The summed E-state index contributed by atoms with van der Waals surface area (Å²) >= 11 is 0. The SMILES string of the molecule is NC(C=O)(CO)Cc1ccc(F)c(O)c1. The largest absolute Gasteiger partial charge is 0.505 e. The Balaban J connectivity index is 2.89. The van der Waals surface area contributed by atoms with Crippen molar-refractivity contribution in [2.24, 2.45) is 5.73 Å². The third kappa shape index (κ3) is 2.74. The monoisotopic (exact) mass is 213 g/mol. The first-order valence-electron chi connectivity index (χ1n) is 4.34. The van der Waals surface area contributed by atoms with Crippen LogP contribution in [0.4, 0.5) is 4.39 Å². The normalized spacial score (nSPS) is 14.6. The molecule has 15 heavy (non-hydrogen) atoms. The lowest BCUT2D eigenvalue weighted by Gasteiger charge is -2.19. The molecular weight excluding hydrogens is 201 g/mol. The van der Waals surface area contributed by atoms with Crippen molar-refractivity contribution < 1.29 is 19.4 Å². The Hall–Kier alpha value is -1.46. The van der Waals surface area contributed by atoms with Gasteiger partial charge in [-0.05, 0) is 24.1 Å². The Labute approximate surface area is 86.1 Å². The van der Waals surface area contributed by atoms with Gasteiger partial charge in [-0.25, -0.2) is 4.39 Å². The number of nitrogens with two attached hydrogens (primary N) is 1. The number of aliphatic hydroxyl groups excluding tert-OH is 1. The molecule has 0 heterocycles. The van der Waals surface area contributed by atoms with E-state index in [0.717, 1.165) is 6.07 Å². The zero-order valence-corrected chi connectivity index (χ0v) is 7.98. The van der Waals surface area contributed by atoms with Crippen LogP contribution in [-0.2, 0) is 11.2 Å². The quantitative estimate of drug-likeness (QED) is 0.613. The second-order valence-electron chi connectivity index (χ2n) is 3.47. The van der Waals surface area contributed by atoms with Gasteiger partial charge in [0, 0.05) is 0 Å². The van der Waals surface area contributed by atoms with E-state index in [1.807, 2.05) is 0 Å². The average molecular weight is 213 g/mol. The lowest BCUT2D eigenvalue weighted by molar-refractivity contribution is -0.113. The molecule has 0 aliphatic carbocycles. The molecule has 1 atom stereocenters. The molecule has 0 radical (unpaired) electrons. The van der Waals surface area contributed by atoms with Crippen LogP contribution in [0.5, 0.6) is 5.75 Å². The van der Waals surface area contributed by atoms with E-state index in [-0.39, 0.29) is 6.42 Å². The molecule has 0 bridgehead atoms. The van der Waals surface area contributed by atoms with E-state index < -0.39 is 23.7 Å². The van der Waals surface area contributed by atoms with Crippen LogP contribution in [0.1, 0.15) is 5.56 Å². The molecule has 0 aromatic heterocycles. The van der Waals surface area contributed by atoms with E-state index in [1.54, 1.807) is 0 Å². The van der Waals surface area contributed by atoms with Crippen molar-refractivity contribution in [1.82, 2.24) is 0 Å². The Morgan fingerprint density at radius 3 is 2.67 bits per heavy atom. The second kappa shape index (κ2) is 4.37. The lowest BCUT2D eigenvalue weighted by Crippen LogP contribution is -2.47. The Kier molecular flexibility index (Phi) is 3.39. The third-order valence-corrected chi connectivity index (χ3v) is 2.07. The Morgan fingerprint density at radius 2 is 2.20 bits per heavy atom. The fourth-order valence-electron chi connectivity index (χ4n) is 1.18. The van der Waals surface area contributed by atoms with Crippen LogP contribution in [0.15, 0.2) is 18.2 Å². The summed E-state index contributed by atoms with van der Waals surface area (Å²) in [4.78, 5) is 10.6. The molecule has 1 aromatic carbocycles. The molecule has 1 aromatic rings. The average Bonchev–Trinajstić information content (AvgIpc) is 2.23. The predicted octanol–water partition coefficient (Wildman–Crippen LogP) is -0.0375. The number of phenolic OH excluding ortho intramolecular Hbond substituents is 1. The smallest absolute Gasteiger partial charge is 0.164 e. The first kappa shape index (κ1) is 11.6. The standard InChI is InChI=1S/C10H12FNO3/c11-8-2-1-7(3-9(8)15)4-10(12,5-13)6-14/h1-3,5,14-15H,4,6,12H2. The van der Waals surface area contributed by atoms with Gasteiger partial charge in [0.1, 0.15) is 6.29 Å². The molecule has 0 fully saturated rings. The van der Waals surface area contributed by atoms with Gasteiger partial charge in [0.05, 0.1) is 12.1 Å². The summed E-state index contributed by atoms with van der Waals surface area (Å²) in [5.74, 6) is -1.24. The molecule has 0 spiro atoms. The van der Waals surface area contributed by atoms with Crippen molar-refractivity contribution in [2.75, 3.05) is 6.61 Å². The van der Waals surface area contributed by atoms with Crippen LogP contribution in [0.2, 0.25) is 0 Å². The molecule has 82 valence electrons. The minimum Gasteiger partial charge on any atom is -0.505 e. The molecule has 1 rings (SSSR count). The molecule has 0 aliphatic heterocycles. The van der Waals surface area contributed by atoms with Crippen LogP contribution < -0.4 is 5.73 Å². The van der Waals surface area contributed by atoms with Crippen molar-refractivity contribution >= 4 is 6.29 Å². The fourth-order valence-corrected chi connectivity index (χ4v) is 1.18. The molecule has 0 aliphatic rings. The Bertz CT molecular complexity index is 370. The number of hydrogen-bond donors (Lipinski definition) is 3. The predicted molar refractivity (Wildman–Crippen MR) is 51.8 cm³/mol. The summed E-state index contributed by atoms with van der Waals surface area (Å²) in [6, 6.07) is 3.65. The lowest BCUT2D eigenvalue weighted by atomic mass is 9.94. The molecule has 4 nitrogen and oxygen atoms in total. The number of hydrogen-bond acceptors (Lipinski definition) is 4. The van der Waals surface area contributed by atoms with Gasteiger partial charge in [-0.3, -0.25) is 0 Å². The van der Waals surface area contributed by atoms with Gasteiger partial charge in [-0.2, -0.15) is 0 Å². The van der Waals surface area contributed by atoms with Gasteiger partial charge < -0.3 is 20.7 Å². The third-order valence-electron chi connectivity index (χ3n) is 2.07. The highest BCUT2D eigenvalue weighted by Crippen LogP contribution is 2.19. The number of phenols is 1. The molecular formula is C10H12FNO3. The highest BCUT2D eigenvalue weighted by Gasteiger charge is 2.23. The number of rotatable bonds is 4. The molecule has 1 unspecified atom stereocenters. The highest BCUT2D eigenvalue weighted by molar-refractivity contribution is 5.64. The molecule has 0 saturated heterocycles. The van der Waals surface area contributed by atoms with Crippen LogP contribution in [0, 0.1) is 5.82 Å². The number of aldehydes is 1. The highest BCUT2D eigenvalue weighted by atomic mass is 19.1. The summed E-state index contributed by atoms with van der Waals surface area (Å²) < 4.78 is 12.7. The molecule has 0 saturated carbocycles. The van der Waals surface area contributed by atoms with Crippen LogP contribution >= 0.6 is 0 Å². The van der Waals surface area contributed by atoms with Crippen LogP contribution in [-0.4, -0.2) is 28.6 Å². The number of carbonyl (C=O) groups is 1. The van der Waals surface area contributed by atoms with Crippen LogP contribution in [0.3, 0.4) is 0 Å². The fraction of sp³-hybridized carbons (Fsp3) is 0.300. The van der Waals surface area contributed by atoms with E-state index in [4.69, 9.17) is 15.9 Å². The van der Waals surface area contributed by atoms with E-state index in [0.29, 0.717) is 11.8 Å². The van der Waals surface area contributed by atoms with Gasteiger partial charge in [-0.1, -0.05) is 6.07 Å². The number of halogens is 1. The van der Waals surface area contributed by atoms with Crippen molar-refractivity contribution in [3.05, 3.63) is 29.6 Å².